The summed E-state index contributed by atoms with van der Waals surface area (Å²) in [5, 5.41) is 4.23. The van der Waals surface area contributed by atoms with E-state index >= 15 is 0 Å². The zero-order valence-corrected chi connectivity index (χ0v) is 12.4. The summed E-state index contributed by atoms with van der Waals surface area (Å²) in [4.78, 5) is 13.4. The molecule has 3 rings (SSSR count). The lowest BCUT2D eigenvalue weighted by Crippen LogP contribution is -2.05. The molecule has 0 radical (unpaired) electrons. The number of para-hydroxylation sites is 1. The summed E-state index contributed by atoms with van der Waals surface area (Å²) >= 11 is 1.73. The summed E-state index contributed by atoms with van der Waals surface area (Å²) in [6.07, 6.45) is 3.30. The largest absolute Gasteiger partial charge is 0.373 e. The molecule has 1 aromatic carbocycles. The summed E-state index contributed by atoms with van der Waals surface area (Å²) in [6, 6.07) is 8.23. The van der Waals surface area contributed by atoms with Gasteiger partial charge in [0.1, 0.15) is 12.1 Å². The van der Waals surface area contributed by atoms with E-state index in [9.17, 15) is 0 Å². The van der Waals surface area contributed by atoms with Gasteiger partial charge in [-0.15, -0.1) is 11.3 Å². The first-order valence-electron chi connectivity index (χ1n) is 6.66. The Bertz CT molecular complexity index is 703. The standard InChI is InChI=1S/C15H16N4S/c1-3-10-12(17-9-18-15(10)16-2)8-14-19-11-6-4-5-7-13(11)20-14/h4-7,9H,3,8H2,1-2H3,(H,16,17,18). The number of hydrogen-bond acceptors (Lipinski definition) is 5. The summed E-state index contributed by atoms with van der Waals surface area (Å²) in [5.41, 5.74) is 3.30. The lowest BCUT2D eigenvalue weighted by Gasteiger charge is -2.09. The third-order valence-electron chi connectivity index (χ3n) is 3.28. The van der Waals surface area contributed by atoms with Gasteiger partial charge >= 0.3 is 0 Å². The average molecular weight is 284 g/mol. The fraction of sp³-hybridized carbons (Fsp3) is 0.267. The number of hydrogen-bond donors (Lipinski definition) is 1. The molecule has 0 aliphatic rings. The van der Waals surface area contributed by atoms with Crippen LogP contribution in [0.2, 0.25) is 0 Å². The van der Waals surface area contributed by atoms with Crippen molar-refractivity contribution in [2.75, 3.05) is 12.4 Å². The maximum Gasteiger partial charge on any atom is 0.132 e. The Morgan fingerprint density at radius 2 is 2.05 bits per heavy atom. The summed E-state index contributed by atoms with van der Waals surface area (Å²) < 4.78 is 1.23. The highest BCUT2D eigenvalue weighted by Crippen LogP contribution is 2.25. The van der Waals surface area contributed by atoms with E-state index in [1.807, 2.05) is 19.2 Å². The van der Waals surface area contributed by atoms with Gasteiger partial charge in [-0.2, -0.15) is 0 Å². The molecule has 0 unspecified atom stereocenters. The molecule has 102 valence electrons. The number of benzene rings is 1. The quantitative estimate of drug-likeness (QED) is 0.799. The van der Waals surface area contributed by atoms with E-state index in [1.165, 1.54) is 10.3 Å². The van der Waals surface area contributed by atoms with Crippen LogP contribution in [0.1, 0.15) is 23.2 Å². The van der Waals surface area contributed by atoms with Crippen molar-refractivity contribution in [2.24, 2.45) is 0 Å². The fourth-order valence-corrected chi connectivity index (χ4v) is 3.30. The Hall–Kier alpha value is -2.01. The molecule has 5 heteroatoms. The predicted molar refractivity (Wildman–Crippen MR) is 83.4 cm³/mol. The monoisotopic (exact) mass is 284 g/mol. The average Bonchev–Trinajstić information content (AvgIpc) is 2.89. The van der Waals surface area contributed by atoms with Gasteiger partial charge in [-0.1, -0.05) is 19.1 Å². The van der Waals surface area contributed by atoms with Crippen molar-refractivity contribution in [1.82, 2.24) is 15.0 Å². The lowest BCUT2D eigenvalue weighted by atomic mass is 10.1. The van der Waals surface area contributed by atoms with Crippen molar-refractivity contribution in [1.29, 1.82) is 0 Å². The molecule has 1 N–H and O–H groups in total. The number of nitrogens with zero attached hydrogens (tertiary/aromatic N) is 3. The predicted octanol–water partition coefficient (Wildman–Crippen LogP) is 3.28. The van der Waals surface area contributed by atoms with E-state index in [-0.39, 0.29) is 0 Å². The second-order valence-corrected chi connectivity index (χ2v) is 5.62. The lowest BCUT2D eigenvalue weighted by molar-refractivity contribution is 0.946. The molecule has 0 saturated heterocycles. The maximum absolute atomic E-state index is 4.68. The molecular formula is C15H16N4S. The molecule has 0 atom stereocenters. The molecule has 0 aliphatic heterocycles. The molecule has 2 heterocycles. The van der Waals surface area contributed by atoms with Crippen LogP contribution in [-0.4, -0.2) is 22.0 Å². The molecule has 0 spiro atoms. The number of thiazole rings is 1. The van der Waals surface area contributed by atoms with Crippen molar-refractivity contribution in [3.63, 3.8) is 0 Å². The molecule has 2 aromatic heterocycles. The van der Waals surface area contributed by atoms with Crippen LogP contribution in [0.15, 0.2) is 30.6 Å². The van der Waals surface area contributed by atoms with Gasteiger partial charge in [0, 0.05) is 19.0 Å². The van der Waals surface area contributed by atoms with Crippen LogP contribution in [0.3, 0.4) is 0 Å². The van der Waals surface area contributed by atoms with E-state index in [0.717, 1.165) is 34.9 Å². The normalized spacial score (nSPS) is 10.9. The summed E-state index contributed by atoms with van der Waals surface area (Å²) in [5.74, 6) is 0.915. The third-order valence-corrected chi connectivity index (χ3v) is 4.32. The second-order valence-electron chi connectivity index (χ2n) is 4.50. The highest BCUT2D eigenvalue weighted by molar-refractivity contribution is 7.18. The van der Waals surface area contributed by atoms with Crippen molar-refractivity contribution < 1.29 is 0 Å². The maximum atomic E-state index is 4.68. The van der Waals surface area contributed by atoms with Crippen LogP contribution >= 0.6 is 11.3 Å². The van der Waals surface area contributed by atoms with Gasteiger partial charge in [0.2, 0.25) is 0 Å². The molecule has 0 aliphatic carbocycles. The van der Waals surface area contributed by atoms with Crippen molar-refractivity contribution in [2.45, 2.75) is 19.8 Å². The van der Waals surface area contributed by atoms with Crippen LogP contribution < -0.4 is 5.32 Å². The molecule has 20 heavy (non-hydrogen) atoms. The Morgan fingerprint density at radius 1 is 1.20 bits per heavy atom. The van der Waals surface area contributed by atoms with Gasteiger partial charge in [0.25, 0.3) is 0 Å². The number of fused-ring (bicyclic) bond motifs is 1. The van der Waals surface area contributed by atoms with E-state index in [2.05, 4.69) is 39.3 Å². The highest BCUT2D eigenvalue weighted by atomic mass is 32.1. The molecule has 4 nitrogen and oxygen atoms in total. The van der Waals surface area contributed by atoms with Crippen molar-refractivity contribution in [3.05, 3.63) is 46.9 Å². The van der Waals surface area contributed by atoms with E-state index in [1.54, 1.807) is 17.7 Å². The SMILES string of the molecule is CCc1c(Cc2nc3ccccc3s2)ncnc1NC. The molecular weight excluding hydrogens is 268 g/mol. The van der Waals surface area contributed by atoms with Gasteiger partial charge < -0.3 is 5.32 Å². The molecule has 0 bridgehead atoms. The van der Waals surface area contributed by atoms with E-state index < -0.39 is 0 Å². The van der Waals surface area contributed by atoms with E-state index in [0.29, 0.717) is 0 Å². The van der Waals surface area contributed by atoms with Crippen molar-refractivity contribution >= 4 is 27.4 Å². The van der Waals surface area contributed by atoms with Gasteiger partial charge in [0.05, 0.1) is 20.9 Å². The summed E-state index contributed by atoms with van der Waals surface area (Å²) in [7, 11) is 1.89. The zero-order valence-electron chi connectivity index (χ0n) is 11.6. The number of aromatic nitrogens is 3. The molecule has 0 amide bonds. The zero-order chi connectivity index (χ0) is 13.9. The number of anilines is 1. The third kappa shape index (κ3) is 2.36. The Labute approximate surface area is 121 Å². The smallest absolute Gasteiger partial charge is 0.132 e. The first-order valence-corrected chi connectivity index (χ1v) is 7.48. The van der Waals surface area contributed by atoms with Gasteiger partial charge in [-0.3, -0.25) is 0 Å². The fourth-order valence-electron chi connectivity index (χ4n) is 2.33. The molecule has 3 aromatic rings. The van der Waals surface area contributed by atoms with E-state index in [4.69, 9.17) is 0 Å². The minimum absolute atomic E-state index is 0.764. The Morgan fingerprint density at radius 3 is 2.80 bits per heavy atom. The van der Waals surface area contributed by atoms with Gasteiger partial charge in [0.15, 0.2) is 0 Å². The highest BCUT2D eigenvalue weighted by Gasteiger charge is 2.11. The minimum atomic E-state index is 0.764. The second kappa shape index (κ2) is 5.54. The Kier molecular flexibility index (Phi) is 3.60. The molecule has 0 saturated carbocycles. The van der Waals surface area contributed by atoms with Crippen LogP contribution in [0, 0.1) is 0 Å². The first kappa shape index (κ1) is 13.0. The number of nitrogens with one attached hydrogen (secondary N) is 1. The topological polar surface area (TPSA) is 50.7 Å². The van der Waals surface area contributed by atoms with Gasteiger partial charge in [-0.25, -0.2) is 15.0 Å². The van der Waals surface area contributed by atoms with Crippen molar-refractivity contribution in [3.8, 4) is 0 Å². The van der Waals surface area contributed by atoms with Crippen LogP contribution in [0.5, 0.6) is 0 Å². The molecule has 0 fully saturated rings. The first-order chi connectivity index (χ1) is 9.81. The van der Waals surface area contributed by atoms with Crippen LogP contribution in [-0.2, 0) is 12.8 Å². The van der Waals surface area contributed by atoms with Crippen LogP contribution in [0.25, 0.3) is 10.2 Å². The van der Waals surface area contributed by atoms with Crippen LogP contribution in [0.4, 0.5) is 5.82 Å². The minimum Gasteiger partial charge on any atom is -0.373 e. The number of rotatable bonds is 4. The van der Waals surface area contributed by atoms with Gasteiger partial charge in [-0.05, 0) is 18.6 Å². The Balaban J connectivity index is 1.98. The summed E-state index contributed by atoms with van der Waals surface area (Å²) in [6.45, 7) is 2.13.